The molecule has 0 heterocycles. The molecule has 0 aromatic heterocycles. The zero-order valence-electron chi connectivity index (χ0n) is 7.98. The van der Waals surface area contributed by atoms with Crippen molar-refractivity contribution in [3.05, 3.63) is 0 Å². The van der Waals surface area contributed by atoms with Crippen molar-refractivity contribution in [3.8, 4) is 0 Å². The highest BCUT2D eigenvalue weighted by Crippen LogP contribution is 2.50. The highest BCUT2D eigenvalue weighted by molar-refractivity contribution is 8.13. The van der Waals surface area contributed by atoms with E-state index in [9.17, 15) is 21.6 Å². The maximum Gasteiger partial charge on any atom is 0.395 e. The normalized spacial score (nSPS) is 22.7. The lowest BCUT2D eigenvalue weighted by molar-refractivity contribution is -0.225. The van der Waals surface area contributed by atoms with Crippen LogP contribution in [-0.2, 0) is 9.05 Å². The van der Waals surface area contributed by atoms with Gasteiger partial charge in [0.15, 0.2) is 0 Å². The summed E-state index contributed by atoms with van der Waals surface area (Å²) < 4.78 is 60.0. The van der Waals surface area contributed by atoms with E-state index in [2.05, 4.69) is 0 Å². The Balaban J connectivity index is 2.96. The smallest absolute Gasteiger partial charge is 0.212 e. The number of hydrogen-bond donors (Lipinski definition) is 0. The molecule has 1 saturated carbocycles. The summed E-state index contributed by atoms with van der Waals surface area (Å²) >= 11 is 0. The van der Waals surface area contributed by atoms with Gasteiger partial charge in [-0.3, -0.25) is 0 Å². The summed E-state index contributed by atoms with van der Waals surface area (Å²) in [6.07, 6.45) is -3.22. The Morgan fingerprint density at radius 3 is 1.93 bits per heavy atom. The molecule has 0 unspecified atom stereocenters. The van der Waals surface area contributed by atoms with Crippen LogP contribution in [0.1, 0.15) is 32.1 Å². The molecular formula is C8H12ClF3O2S. The van der Waals surface area contributed by atoms with Crippen LogP contribution in [0, 0.1) is 5.41 Å². The van der Waals surface area contributed by atoms with E-state index >= 15 is 0 Å². The second-order valence-electron chi connectivity index (χ2n) is 4.02. The third kappa shape index (κ3) is 3.24. The van der Waals surface area contributed by atoms with Crippen LogP contribution in [0.4, 0.5) is 13.2 Å². The first-order valence-corrected chi connectivity index (χ1v) is 7.13. The average molecular weight is 265 g/mol. The largest absolute Gasteiger partial charge is 0.395 e. The molecule has 7 heteroatoms. The standard InChI is InChI=1S/C8H12ClF3O2S/c9-15(13,14)6-7(8(10,11)12)4-2-1-3-5-7/h1-6H2. The molecule has 90 valence electrons. The Labute approximate surface area is 91.2 Å². The quantitative estimate of drug-likeness (QED) is 0.719. The third-order valence-corrected chi connectivity index (χ3v) is 4.09. The second-order valence-corrected chi connectivity index (χ2v) is 6.80. The first kappa shape index (κ1) is 13.1. The Bertz CT molecular complexity index is 317. The summed E-state index contributed by atoms with van der Waals surface area (Å²) in [5.74, 6) is -0.995. The van der Waals surface area contributed by atoms with Crippen molar-refractivity contribution in [2.75, 3.05) is 5.75 Å². The van der Waals surface area contributed by atoms with Crippen LogP contribution < -0.4 is 0 Å². The van der Waals surface area contributed by atoms with Gasteiger partial charge in [0.05, 0.1) is 11.2 Å². The molecule has 1 fully saturated rings. The lowest BCUT2D eigenvalue weighted by atomic mass is 9.75. The number of hydrogen-bond acceptors (Lipinski definition) is 2. The Morgan fingerprint density at radius 1 is 1.13 bits per heavy atom. The number of rotatable bonds is 2. The van der Waals surface area contributed by atoms with E-state index in [0.717, 1.165) is 6.42 Å². The zero-order valence-corrected chi connectivity index (χ0v) is 9.55. The Hall–Kier alpha value is 0.0300. The Kier molecular flexibility index (Phi) is 3.60. The van der Waals surface area contributed by atoms with Gasteiger partial charge in [0.1, 0.15) is 0 Å². The fraction of sp³-hybridized carbons (Fsp3) is 1.00. The van der Waals surface area contributed by atoms with Gasteiger partial charge in [0.25, 0.3) is 0 Å². The molecule has 1 rings (SSSR count). The van der Waals surface area contributed by atoms with Crippen molar-refractivity contribution < 1.29 is 21.6 Å². The van der Waals surface area contributed by atoms with Crippen LogP contribution in [-0.4, -0.2) is 20.3 Å². The van der Waals surface area contributed by atoms with E-state index in [1.54, 1.807) is 0 Å². The molecule has 0 amide bonds. The van der Waals surface area contributed by atoms with E-state index < -0.39 is 26.4 Å². The second kappa shape index (κ2) is 4.13. The van der Waals surface area contributed by atoms with Gasteiger partial charge < -0.3 is 0 Å². The minimum absolute atomic E-state index is 0.136. The summed E-state index contributed by atoms with van der Waals surface area (Å²) in [5, 5.41) is 0. The predicted molar refractivity (Wildman–Crippen MR) is 51.2 cm³/mol. The molecule has 1 aliphatic rings. The van der Waals surface area contributed by atoms with Gasteiger partial charge in [-0.2, -0.15) is 13.2 Å². The van der Waals surface area contributed by atoms with Crippen LogP contribution >= 0.6 is 10.7 Å². The summed E-state index contributed by atoms with van der Waals surface area (Å²) in [6, 6.07) is 0. The van der Waals surface area contributed by atoms with Gasteiger partial charge in [0, 0.05) is 10.7 Å². The lowest BCUT2D eigenvalue weighted by Crippen LogP contribution is -2.44. The molecular weight excluding hydrogens is 253 g/mol. The summed E-state index contributed by atoms with van der Waals surface area (Å²) in [4.78, 5) is 0. The van der Waals surface area contributed by atoms with Crippen LogP contribution in [0.3, 0.4) is 0 Å². The first-order chi connectivity index (χ1) is 6.66. The molecule has 0 aromatic carbocycles. The Morgan fingerprint density at radius 2 is 1.60 bits per heavy atom. The molecule has 0 N–H and O–H groups in total. The minimum atomic E-state index is -4.49. The predicted octanol–water partition coefficient (Wildman–Crippen LogP) is 3.07. The van der Waals surface area contributed by atoms with Crippen LogP contribution in [0.5, 0.6) is 0 Å². The highest BCUT2D eigenvalue weighted by atomic mass is 35.7. The molecule has 0 spiro atoms. The van der Waals surface area contributed by atoms with Crippen molar-refractivity contribution in [2.24, 2.45) is 5.41 Å². The molecule has 0 radical (unpaired) electrons. The minimum Gasteiger partial charge on any atom is -0.212 e. The average Bonchev–Trinajstić information content (AvgIpc) is 2.00. The maximum atomic E-state index is 12.8. The maximum absolute atomic E-state index is 12.8. The third-order valence-electron chi connectivity index (χ3n) is 2.86. The van der Waals surface area contributed by atoms with Crippen molar-refractivity contribution in [1.29, 1.82) is 0 Å². The fourth-order valence-corrected chi connectivity index (χ4v) is 3.81. The number of halogens is 4. The molecule has 0 bridgehead atoms. The molecule has 1 aliphatic carbocycles. The van der Waals surface area contributed by atoms with E-state index in [1.807, 2.05) is 0 Å². The molecule has 0 saturated heterocycles. The van der Waals surface area contributed by atoms with Gasteiger partial charge in [-0.1, -0.05) is 19.3 Å². The van der Waals surface area contributed by atoms with Gasteiger partial charge in [0.2, 0.25) is 9.05 Å². The monoisotopic (exact) mass is 264 g/mol. The fourth-order valence-electron chi connectivity index (χ4n) is 2.07. The summed E-state index contributed by atoms with van der Waals surface area (Å²) in [6.45, 7) is 0. The van der Waals surface area contributed by atoms with E-state index in [1.165, 1.54) is 0 Å². The molecule has 2 nitrogen and oxygen atoms in total. The van der Waals surface area contributed by atoms with Gasteiger partial charge in [-0.25, -0.2) is 8.42 Å². The van der Waals surface area contributed by atoms with E-state index in [0.29, 0.717) is 12.8 Å². The van der Waals surface area contributed by atoms with Crippen LogP contribution in [0.2, 0.25) is 0 Å². The lowest BCUT2D eigenvalue weighted by Gasteiger charge is -2.37. The van der Waals surface area contributed by atoms with Gasteiger partial charge in [-0.05, 0) is 12.8 Å². The molecule has 15 heavy (non-hydrogen) atoms. The topological polar surface area (TPSA) is 34.1 Å². The van der Waals surface area contributed by atoms with E-state index in [4.69, 9.17) is 10.7 Å². The number of alkyl halides is 3. The van der Waals surface area contributed by atoms with Crippen LogP contribution in [0.15, 0.2) is 0 Å². The van der Waals surface area contributed by atoms with Gasteiger partial charge >= 0.3 is 6.18 Å². The van der Waals surface area contributed by atoms with Crippen molar-refractivity contribution in [2.45, 2.75) is 38.3 Å². The molecule has 0 atom stereocenters. The highest BCUT2D eigenvalue weighted by Gasteiger charge is 2.56. The first-order valence-electron chi connectivity index (χ1n) is 4.65. The summed E-state index contributed by atoms with van der Waals surface area (Å²) in [7, 11) is 0.821. The van der Waals surface area contributed by atoms with E-state index in [-0.39, 0.29) is 12.8 Å². The zero-order chi connectivity index (χ0) is 11.7. The van der Waals surface area contributed by atoms with Crippen molar-refractivity contribution >= 4 is 19.7 Å². The van der Waals surface area contributed by atoms with Crippen molar-refractivity contribution in [1.82, 2.24) is 0 Å². The molecule has 0 aliphatic heterocycles. The SMILES string of the molecule is O=S(=O)(Cl)CC1(C(F)(F)F)CCCCC1. The van der Waals surface area contributed by atoms with Crippen molar-refractivity contribution in [3.63, 3.8) is 0 Å². The summed E-state index contributed by atoms with van der Waals surface area (Å²) in [5.41, 5.74) is -2.12. The van der Waals surface area contributed by atoms with Crippen LogP contribution in [0.25, 0.3) is 0 Å². The van der Waals surface area contributed by atoms with Gasteiger partial charge in [-0.15, -0.1) is 0 Å². The molecule has 0 aromatic rings.